The highest BCUT2D eigenvalue weighted by Crippen LogP contribution is 2.32. The largest absolute Gasteiger partial charge is 0.327 e. The number of nitrogens with zero attached hydrogens (tertiary/aromatic N) is 2. The first kappa shape index (κ1) is 15.7. The lowest BCUT2D eigenvalue weighted by atomic mass is 10.1. The molecule has 2 heterocycles. The molecule has 4 rings (SSSR count). The Hall–Kier alpha value is -2.80. The zero-order valence-electron chi connectivity index (χ0n) is 12.6. The number of rotatable bonds is 2. The van der Waals surface area contributed by atoms with Crippen LogP contribution in [0.3, 0.4) is 0 Å². The van der Waals surface area contributed by atoms with Crippen molar-refractivity contribution in [3.63, 3.8) is 0 Å². The number of H-pyrrole nitrogens is 1. The first-order chi connectivity index (χ1) is 12.1. The molecule has 0 radical (unpaired) electrons. The third-order valence-electron chi connectivity index (χ3n) is 3.87. The van der Waals surface area contributed by atoms with E-state index in [2.05, 4.69) is 26.0 Å². The Morgan fingerprint density at radius 2 is 1.68 bits per heavy atom. The fourth-order valence-electron chi connectivity index (χ4n) is 2.77. The second-order valence-electron chi connectivity index (χ2n) is 5.39. The zero-order chi connectivity index (χ0) is 17.6. The summed E-state index contributed by atoms with van der Waals surface area (Å²) in [6, 6.07) is 12.6. The average molecular weight is 402 g/mol. The van der Waals surface area contributed by atoms with E-state index in [1.54, 1.807) is 24.3 Å². The lowest BCUT2D eigenvalue weighted by Crippen LogP contribution is -2.07. The van der Waals surface area contributed by atoms with E-state index in [0.29, 0.717) is 21.2 Å². The van der Waals surface area contributed by atoms with Crippen LogP contribution in [0.15, 0.2) is 64.0 Å². The molecular weight excluding hydrogens is 392 g/mol. The fourth-order valence-corrected chi connectivity index (χ4v) is 3.26. The first-order valence-electron chi connectivity index (χ1n) is 7.37. The summed E-state index contributed by atoms with van der Waals surface area (Å²) in [7, 11) is 0. The van der Waals surface area contributed by atoms with E-state index in [9.17, 15) is 13.6 Å². The van der Waals surface area contributed by atoms with Crippen molar-refractivity contribution in [3.8, 4) is 16.9 Å². The van der Waals surface area contributed by atoms with Crippen LogP contribution in [0.1, 0.15) is 0 Å². The van der Waals surface area contributed by atoms with Crippen molar-refractivity contribution in [3.05, 3.63) is 81.2 Å². The number of para-hydroxylation sites is 1. The van der Waals surface area contributed by atoms with E-state index in [1.165, 1.54) is 12.3 Å². The smallest absolute Gasteiger partial charge is 0.259 e. The minimum Gasteiger partial charge on any atom is -0.327 e. The number of aromatic nitrogens is 3. The summed E-state index contributed by atoms with van der Waals surface area (Å²) in [5.41, 5.74) is 0.597. The molecule has 0 bridgehead atoms. The summed E-state index contributed by atoms with van der Waals surface area (Å²) in [6.45, 7) is 0. The molecule has 0 spiro atoms. The number of halogens is 3. The molecule has 0 atom stereocenters. The molecule has 0 amide bonds. The Morgan fingerprint density at radius 1 is 1.00 bits per heavy atom. The molecule has 0 unspecified atom stereocenters. The van der Waals surface area contributed by atoms with E-state index in [1.807, 2.05) is 6.07 Å². The van der Waals surface area contributed by atoms with Gasteiger partial charge in [0.1, 0.15) is 11.4 Å². The number of benzene rings is 2. The number of hydrogen-bond donors (Lipinski definition) is 1. The van der Waals surface area contributed by atoms with Crippen molar-refractivity contribution in [2.45, 2.75) is 0 Å². The van der Waals surface area contributed by atoms with Crippen molar-refractivity contribution in [1.29, 1.82) is 0 Å². The second kappa shape index (κ2) is 5.93. The summed E-state index contributed by atoms with van der Waals surface area (Å²) < 4.78 is 30.2. The molecular formula is C18H10BrF2N3O. The van der Waals surface area contributed by atoms with Crippen molar-refractivity contribution < 1.29 is 8.78 Å². The molecule has 2 aromatic carbocycles. The Kier molecular flexibility index (Phi) is 3.73. The Bertz CT molecular complexity index is 1130. The SMILES string of the molecule is O=c1[nH]cc(Br)c2c1c(-c1ccccc1)nn2-c1c(F)cccc1F. The van der Waals surface area contributed by atoms with Crippen LogP contribution in [0, 0.1) is 11.6 Å². The monoisotopic (exact) mass is 401 g/mol. The fraction of sp³-hybridized carbons (Fsp3) is 0. The van der Waals surface area contributed by atoms with Crippen LogP contribution in [0.2, 0.25) is 0 Å². The van der Waals surface area contributed by atoms with Crippen LogP contribution >= 0.6 is 15.9 Å². The van der Waals surface area contributed by atoms with Gasteiger partial charge in [-0.2, -0.15) is 5.10 Å². The first-order valence-corrected chi connectivity index (χ1v) is 8.17. The lowest BCUT2D eigenvalue weighted by Gasteiger charge is -2.07. The maximum absolute atomic E-state index is 14.3. The van der Waals surface area contributed by atoms with Gasteiger partial charge in [0, 0.05) is 11.8 Å². The summed E-state index contributed by atoms with van der Waals surface area (Å²) in [4.78, 5) is 15.0. The van der Waals surface area contributed by atoms with Gasteiger partial charge in [-0.3, -0.25) is 4.79 Å². The van der Waals surface area contributed by atoms with Gasteiger partial charge < -0.3 is 4.98 Å². The van der Waals surface area contributed by atoms with Crippen LogP contribution in [-0.4, -0.2) is 14.8 Å². The van der Waals surface area contributed by atoms with E-state index in [-0.39, 0.29) is 16.6 Å². The van der Waals surface area contributed by atoms with Crippen molar-refractivity contribution >= 4 is 26.8 Å². The van der Waals surface area contributed by atoms with Crippen LogP contribution in [-0.2, 0) is 0 Å². The molecule has 4 nitrogen and oxygen atoms in total. The lowest BCUT2D eigenvalue weighted by molar-refractivity contribution is 0.563. The van der Waals surface area contributed by atoms with Gasteiger partial charge >= 0.3 is 0 Å². The number of fused-ring (bicyclic) bond motifs is 1. The van der Waals surface area contributed by atoms with Gasteiger partial charge in [0.2, 0.25) is 0 Å². The molecule has 0 aliphatic carbocycles. The molecule has 7 heteroatoms. The Morgan fingerprint density at radius 3 is 2.36 bits per heavy atom. The highest BCUT2D eigenvalue weighted by molar-refractivity contribution is 9.10. The third kappa shape index (κ3) is 2.47. The molecule has 0 saturated heterocycles. The van der Waals surface area contributed by atoms with Gasteiger partial charge in [-0.05, 0) is 28.1 Å². The topological polar surface area (TPSA) is 50.7 Å². The highest BCUT2D eigenvalue weighted by atomic mass is 79.9. The van der Waals surface area contributed by atoms with Crippen LogP contribution in [0.5, 0.6) is 0 Å². The van der Waals surface area contributed by atoms with Crippen molar-refractivity contribution in [2.75, 3.05) is 0 Å². The molecule has 25 heavy (non-hydrogen) atoms. The van der Waals surface area contributed by atoms with E-state index >= 15 is 0 Å². The summed E-state index contributed by atoms with van der Waals surface area (Å²) in [6.07, 6.45) is 1.43. The van der Waals surface area contributed by atoms with Crippen molar-refractivity contribution in [1.82, 2.24) is 14.8 Å². The minimum absolute atomic E-state index is 0.253. The van der Waals surface area contributed by atoms with Gasteiger partial charge in [0.05, 0.1) is 15.4 Å². The molecule has 124 valence electrons. The summed E-state index contributed by atoms with van der Waals surface area (Å²) in [5, 5.41) is 4.61. The minimum atomic E-state index is -0.767. The van der Waals surface area contributed by atoms with E-state index in [4.69, 9.17) is 0 Å². The molecule has 1 N–H and O–H groups in total. The number of aromatic amines is 1. The highest BCUT2D eigenvalue weighted by Gasteiger charge is 2.22. The van der Waals surface area contributed by atoms with Gasteiger partial charge in [-0.1, -0.05) is 36.4 Å². The third-order valence-corrected chi connectivity index (χ3v) is 4.47. The van der Waals surface area contributed by atoms with Crippen LogP contribution in [0.4, 0.5) is 8.78 Å². The number of pyridine rings is 1. The molecule has 2 aromatic heterocycles. The van der Waals surface area contributed by atoms with Gasteiger partial charge in [0.15, 0.2) is 11.6 Å². The summed E-state index contributed by atoms with van der Waals surface area (Å²) in [5.74, 6) is -1.53. The Balaban J connectivity index is 2.18. The molecule has 4 aromatic rings. The zero-order valence-corrected chi connectivity index (χ0v) is 14.2. The van der Waals surface area contributed by atoms with Gasteiger partial charge in [-0.25, -0.2) is 13.5 Å². The Labute approximate surface area is 148 Å². The summed E-state index contributed by atoms with van der Waals surface area (Å²) >= 11 is 3.34. The van der Waals surface area contributed by atoms with Crippen molar-refractivity contribution in [2.24, 2.45) is 0 Å². The second-order valence-corrected chi connectivity index (χ2v) is 6.24. The van der Waals surface area contributed by atoms with E-state index < -0.39 is 11.6 Å². The molecule has 0 fully saturated rings. The van der Waals surface area contributed by atoms with Crippen LogP contribution in [0.25, 0.3) is 27.8 Å². The maximum atomic E-state index is 14.3. The molecule has 0 aliphatic heterocycles. The predicted octanol–water partition coefficient (Wildman–Crippen LogP) is 4.42. The standard InChI is InChI=1S/C18H10BrF2N3O/c19-11-9-22-18(25)14-15(10-5-2-1-3-6-10)23-24(16(11)14)17-12(20)7-4-8-13(17)21/h1-9H,(H,22,25). The molecule has 0 saturated carbocycles. The molecule has 0 aliphatic rings. The average Bonchev–Trinajstić information content (AvgIpc) is 3.00. The van der Waals surface area contributed by atoms with E-state index in [0.717, 1.165) is 16.8 Å². The predicted molar refractivity (Wildman–Crippen MR) is 94.7 cm³/mol. The maximum Gasteiger partial charge on any atom is 0.259 e. The quantitative estimate of drug-likeness (QED) is 0.540. The van der Waals surface area contributed by atoms with Gasteiger partial charge in [-0.15, -0.1) is 0 Å². The normalized spacial score (nSPS) is 11.2. The number of nitrogens with one attached hydrogen (secondary N) is 1. The van der Waals surface area contributed by atoms with Gasteiger partial charge in [0.25, 0.3) is 5.56 Å². The van der Waals surface area contributed by atoms with Crippen LogP contribution < -0.4 is 5.56 Å². The number of hydrogen-bond acceptors (Lipinski definition) is 2.